The Hall–Kier alpha value is -3.67. The normalized spacial score (nSPS) is 13.2. The number of imidazole rings is 1. The summed E-state index contributed by atoms with van der Waals surface area (Å²) in [5.74, 6) is 0. The van der Waals surface area contributed by atoms with Crippen LogP contribution in [0.5, 0.6) is 0 Å². The maximum atomic E-state index is 12.9. The van der Waals surface area contributed by atoms with Gasteiger partial charge in [-0.2, -0.15) is 0 Å². The molecule has 0 fully saturated rings. The molecule has 0 aliphatic rings. The molecule has 1 unspecified atom stereocenters. The molecule has 0 aliphatic carbocycles. The minimum Gasteiger partial charge on any atom is -0.374 e. The number of halogens is 1. The van der Waals surface area contributed by atoms with Gasteiger partial charge in [0.2, 0.25) is 0 Å². The fourth-order valence-electron chi connectivity index (χ4n) is 4.91. The first-order valence-corrected chi connectivity index (χ1v) is 11.7. The average Bonchev–Trinajstić information content (AvgIpc) is 3.26. The van der Waals surface area contributed by atoms with Crippen LogP contribution in [0.15, 0.2) is 84.0 Å². The molecule has 5 aromatic rings. The number of fused-ring (bicyclic) bond motifs is 1. The number of aromatic nitrogens is 3. The molecule has 5 nitrogen and oxygen atoms in total. The van der Waals surface area contributed by atoms with Gasteiger partial charge < -0.3 is 14.2 Å². The van der Waals surface area contributed by atoms with Gasteiger partial charge in [0.15, 0.2) is 5.60 Å². The molecule has 1 N–H and O–H groups in total. The number of hydrogen-bond acceptors (Lipinski definition) is 3. The van der Waals surface area contributed by atoms with E-state index in [1.165, 1.54) is 0 Å². The topological polar surface area (TPSA) is 60.1 Å². The van der Waals surface area contributed by atoms with Gasteiger partial charge in [-0.05, 0) is 60.4 Å². The van der Waals surface area contributed by atoms with Crippen molar-refractivity contribution in [3.63, 3.8) is 0 Å². The van der Waals surface area contributed by atoms with Gasteiger partial charge in [-0.25, -0.2) is 4.98 Å². The van der Waals surface area contributed by atoms with Gasteiger partial charge in [0.05, 0.1) is 23.7 Å². The predicted octanol–water partition coefficient (Wildman–Crippen LogP) is 5.49. The Morgan fingerprint density at radius 3 is 2.17 bits per heavy atom. The Morgan fingerprint density at radius 2 is 1.54 bits per heavy atom. The molecule has 0 aliphatic heterocycles. The molecule has 5 rings (SSSR count). The van der Waals surface area contributed by atoms with Crippen LogP contribution in [0.4, 0.5) is 0 Å². The number of benzene rings is 3. The number of pyridine rings is 1. The Kier molecular flexibility index (Phi) is 5.62. The lowest BCUT2D eigenvalue weighted by atomic mass is 9.82. The molecule has 0 spiro atoms. The first kappa shape index (κ1) is 23.1. The van der Waals surface area contributed by atoms with E-state index in [1.54, 1.807) is 42.3 Å². The highest BCUT2D eigenvalue weighted by Crippen LogP contribution is 2.39. The fraction of sp³-hybridized carbons (Fsp3) is 0.172. The molecule has 35 heavy (non-hydrogen) atoms. The van der Waals surface area contributed by atoms with E-state index in [4.69, 9.17) is 11.6 Å². The van der Waals surface area contributed by atoms with Gasteiger partial charge in [0.25, 0.3) is 5.56 Å². The quantitative estimate of drug-likeness (QED) is 0.367. The average molecular weight is 484 g/mol. The summed E-state index contributed by atoms with van der Waals surface area (Å²) < 4.78 is 3.45. The smallest absolute Gasteiger partial charge is 0.251 e. The third-order valence-electron chi connectivity index (χ3n) is 6.65. The lowest BCUT2D eigenvalue weighted by Gasteiger charge is -2.30. The fourth-order valence-corrected chi connectivity index (χ4v) is 5.04. The van der Waals surface area contributed by atoms with Crippen molar-refractivity contribution >= 4 is 22.5 Å². The lowest BCUT2D eigenvalue weighted by Crippen LogP contribution is -2.31. The van der Waals surface area contributed by atoms with Gasteiger partial charge in [-0.15, -0.1) is 0 Å². The number of hydrogen-bond donors (Lipinski definition) is 1. The summed E-state index contributed by atoms with van der Waals surface area (Å²) in [6.07, 6.45) is 3.34. The lowest BCUT2D eigenvalue weighted by molar-refractivity contribution is 0.117. The molecule has 0 saturated heterocycles. The summed E-state index contributed by atoms with van der Waals surface area (Å²) in [6, 6.07) is 20.9. The van der Waals surface area contributed by atoms with E-state index in [0.29, 0.717) is 21.8 Å². The second-order valence-corrected chi connectivity index (χ2v) is 9.61. The minimum atomic E-state index is -1.49. The Morgan fingerprint density at radius 1 is 0.886 bits per heavy atom. The molecule has 0 saturated carbocycles. The van der Waals surface area contributed by atoms with Crippen LogP contribution in [0.2, 0.25) is 5.02 Å². The molecule has 0 bridgehead atoms. The van der Waals surface area contributed by atoms with Crippen LogP contribution in [0.25, 0.3) is 22.0 Å². The summed E-state index contributed by atoms with van der Waals surface area (Å²) in [4.78, 5) is 17.1. The van der Waals surface area contributed by atoms with E-state index < -0.39 is 5.60 Å². The minimum absolute atomic E-state index is 0.0843. The Bertz CT molecular complexity index is 1610. The van der Waals surface area contributed by atoms with Crippen LogP contribution in [-0.2, 0) is 19.7 Å². The largest absolute Gasteiger partial charge is 0.374 e. The van der Waals surface area contributed by atoms with Crippen LogP contribution in [0.3, 0.4) is 0 Å². The molecule has 6 heteroatoms. The van der Waals surface area contributed by atoms with Gasteiger partial charge in [0.1, 0.15) is 0 Å². The van der Waals surface area contributed by atoms with Gasteiger partial charge in [0, 0.05) is 30.6 Å². The first-order valence-electron chi connectivity index (χ1n) is 11.4. The molecule has 2 heterocycles. The summed E-state index contributed by atoms with van der Waals surface area (Å²) in [5.41, 5.74) is 5.23. The van der Waals surface area contributed by atoms with Gasteiger partial charge >= 0.3 is 0 Å². The van der Waals surface area contributed by atoms with Crippen molar-refractivity contribution in [3.05, 3.63) is 123 Å². The van der Waals surface area contributed by atoms with E-state index >= 15 is 0 Å². The number of nitrogens with zero attached hydrogens (tertiary/aromatic N) is 3. The maximum Gasteiger partial charge on any atom is 0.251 e. The van der Waals surface area contributed by atoms with Crippen molar-refractivity contribution in [2.45, 2.75) is 19.4 Å². The summed E-state index contributed by atoms with van der Waals surface area (Å²) in [7, 11) is 3.62. The van der Waals surface area contributed by atoms with E-state index in [0.717, 1.165) is 33.2 Å². The summed E-state index contributed by atoms with van der Waals surface area (Å²) in [6.45, 7) is 4.10. The number of aryl methyl sites for hydroxylation is 4. The van der Waals surface area contributed by atoms with Gasteiger partial charge in [-0.3, -0.25) is 4.79 Å². The molecular formula is C29H26ClN3O2. The van der Waals surface area contributed by atoms with Crippen LogP contribution in [0.1, 0.15) is 27.9 Å². The van der Waals surface area contributed by atoms with Gasteiger partial charge in [-0.1, -0.05) is 59.1 Å². The van der Waals surface area contributed by atoms with Crippen LogP contribution in [-0.4, -0.2) is 19.2 Å². The zero-order valence-corrected chi connectivity index (χ0v) is 20.8. The number of aliphatic hydroxyl groups is 1. The molecule has 2 aromatic heterocycles. The second kappa shape index (κ2) is 8.52. The zero-order valence-electron chi connectivity index (χ0n) is 20.1. The van der Waals surface area contributed by atoms with E-state index in [1.807, 2.05) is 55.8 Å². The van der Waals surface area contributed by atoms with Crippen LogP contribution >= 0.6 is 11.6 Å². The highest BCUT2D eigenvalue weighted by molar-refractivity contribution is 6.30. The van der Waals surface area contributed by atoms with E-state index in [2.05, 4.69) is 23.2 Å². The molecular weight excluding hydrogens is 458 g/mol. The summed E-state index contributed by atoms with van der Waals surface area (Å²) >= 11 is 6.16. The Labute approximate surface area is 208 Å². The van der Waals surface area contributed by atoms with Crippen molar-refractivity contribution in [2.24, 2.45) is 14.1 Å². The standard InChI is InChI=1S/C29H26ClN3O2/c1-18-11-19(2)13-20(12-18)24-15-28(34)33(4)26-10-7-22(14-25(24)26)29(35,27-16-31-17-32(27)3)21-5-8-23(30)9-6-21/h5-17,35H,1-4H3. The van der Waals surface area contributed by atoms with Crippen LogP contribution in [0, 0.1) is 13.8 Å². The summed E-state index contributed by atoms with van der Waals surface area (Å²) in [5, 5.41) is 13.8. The third kappa shape index (κ3) is 3.87. The van der Waals surface area contributed by atoms with Crippen molar-refractivity contribution in [1.82, 2.24) is 14.1 Å². The highest BCUT2D eigenvalue weighted by atomic mass is 35.5. The van der Waals surface area contributed by atoms with Crippen LogP contribution < -0.4 is 5.56 Å². The van der Waals surface area contributed by atoms with Crippen molar-refractivity contribution in [2.75, 3.05) is 0 Å². The first-order chi connectivity index (χ1) is 16.7. The van der Waals surface area contributed by atoms with E-state index in [-0.39, 0.29) is 5.56 Å². The third-order valence-corrected chi connectivity index (χ3v) is 6.90. The molecule has 1 atom stereocenters. The molecule has 176 valence electrons. The molecule has 0 radical (unpaired) electrons. The monoisotopic (exact) mass is 483 g/mol. The van der Waals surface area contributed by atoms with Crippen molar-refractivity contribution in [3.8, 4) is 11.1 Å². The van der Waals surface area contributed by atoms with E-state index in [9.17, 15) is 9.90 Å². The number of rotatable bonds is 4. The molecule has 0 amide bonds. The second-order valence-electron chi connectivity index (χ2n) is 9.17. The van der Waals surface area contributed by atoms with Crippen molar-refractivity contribution < 1.29 is 5.11 Å². The highest BCUT2D eigenvalue weighted by Gasteiger charge is 2.37. The van der Waals surface area contributed by atoms with Crippen molar-refractivity contribution in [1.29, 1.82) is 0 Å². The Balaban J connectivity index is 1.85. The zero-order chi connectivity index (χ0) is 24.9. The SMILES string of the molecule is Cc1cc(C)cc(-c2cc(=O)n(C)c3ccc(C(O)(c4ccc(Cl)cc4)c4cncn4C)cc23)c1. The predicted molar refractivity (Wildman–Crippen MR) is 141 cm³/mol. The molecule has 3 aromatic carbocycles. The maximum absolute atomic E-state index is 12.9.